The van der Waals surface area contributed by atoms with E-state index in [9.17, 15) is 23.2 Å². The van der Waals surface area contributed by atoms with Crippen LogP contribution < -0.4 is 5.32 Å². The molecule has 7 nitrogen and oxygen atoms in total. The maximum Gasteiger partial charge on any atom is 0.311 e. The number of rotatable bonds is 6. The monoisotopic (exact) mass is 378 g/mol. The summed E-state index contributed by atoms with van der Waals surface area (Å²) in [6, 6.07) is 6.09. The molecule has 27 heavy (non-hydrogen) atoms. The van der Waals surface area contributed by atoms with Crippen molar-refractivity contribution in [1.82, 2.24) is 4.90 Å². The van der Waals surface area contributed by atoms with Crippen LogP contribution in [0.2, 0.25) is 0 Å². The third-order valence-corrected chi connectivity index (χ3v) is 4.03. The summed E-state index contributed by atoms with van der Waals surface area (Å²) in [5.74, 6) is -3.50. The second kappa shape index (κ2) is 7.98. The molecule has 1 N–H and O–H groups in total. The predicted molar refractivity (Wildman–Crippen MR) is 88.2 cm³/mol. The highest BCUT2D eigenvalue weighted by Crippen LogP contribution is 2.21. The van der Waals surface area contributed by atoms with Gasteiger partial charge in [0, 0.05) is 19.0 Å². The number of benzene rings is 1. The number of nitrogens with zero attached hydrogens (tertiary/aromatic N) is 1. The van der Waals surface area contributed by atoms with Gasteiger partial charge in [0.15, 0.2) is 6.61 Å². The minimum absolute atomic E-state index is 0.0201. The number of carbonyl (C=O) groups is 3. The largest absolute Gasteiger partial charge is 0.467 e. The third kappa shape index (κ3) is 4.69. The Bertz CT molecular complexity index is 853. The average Bonchev–Trinajstić information content (AvgIpc) is 3.26. The summed E-state index contributed by atoms with van der Waals surface area (Å²) in [6.45, 7) is -0.231. The van der Waals surface area contributed by atoms with Crippen molar-refractivity contribution in [1.29, 1.82) is 0 Å². The molecule has 1 atom stereocenters. The first-order valence-electron chi connectivity index (χ1n) is 8.14. The van der Waals surface area contributed by atoms with Crippen LogP contribution in [0.25, 0.3) is 0 Å². The van der Waals surface area contributed by atoms with Crippen molar-refractivity contribution < 1.29 is 32.3 Å². The van der Waals surface area contributed by atoms with Gasteiger partial charge in [-0.3, -0.25) is 14.4 Å². The quantitative estimate of drug-likeness (QED) is 0.778. The lowest BCUT2D eigenvalue weighted by molar-refractivity contribution is -0.151. The Kier molecular flexibility index (Phi) is 5.49. The van der Waals surface area contributed by atoms with Crippen LogP contribution in [0.4, 0.5) is 14.5 Å². The van der Waals surface area contributed by atoms with Gasteiger partial charge in [-0.15, -0.1) is 0 Å². The van der Waals surface area contributed by atoms with Gasteiger partial charge in [0.2, 0.25) is 5.91 Å². The van der Waals surface area contributed by atoms with Crippen molar-refractivity contribution in [3.63, 3.8) is 0 Å². The number of ether oxygens (including phenoxy) is 1. The first kappa shape index (κ1) is 18.6. The Labute approximate surface area is 152 Å². The van der Waals surface area contributed by atoms with Gasteiger partial charge in [-0.2, -0.15) is 0 Å². The van der Waals surface area contributed by atoms with Gasteiger partial charge in [-0.1, -0.05) is 0 Å². The Morgan fingerprint density at radius 3 is 2.81 bits per heavy atom. The van der Waals surface area contributed by atoms with Gasteiger partial charge in [-0.05, 0) is 24.3 Å². The van der Waals surface area contributed by atoms with Gasteiger partial charge in [-0.25, -0.2) is 8.78 Å². The van der Waals surface area contributed by atoms with E-state index in [4.69, 9.17) is 9.15 Å². The SMILES string of the molecule is O=C(COC(=O)[C@@H]1CC(=O)N(Cc2ccco2)C1)Nc1ccc(F)cc1F. The number of halogens is 2. The van der Waals surface area contributed by atoms with Gasteiger partial charge in [0.1, 0.15) is 17.4 Å². The minimum Gasteiger partial charge on any atom is -0.467 e. The molecule has 0 unspecified atom stereocenters. The van der Waals surface area contributed by atoms with Crippen LogP contribution in [0.15, 0.2) is 41.0 Å². The molecule has 0 saturated carbocycles. The summed E-state index contributed by atoms with van der Waals surface area (Å²) in [5, 5.41) is 2.18. The van der Waals surface area contributed by atoms with Crippen LogP contribution in [-0.4, -0.2) is 35.8 Å². The Hall–Kier alpha value is -3.23. The molecule has 3 rings (SSSR count). The molecule has 2 heterocycles. The van der Waals surface area contributed by atoms with Gasteiger partial charge < -0.3 is 19.4 Å². The predicted octanol–water partition coefficient (Wildman–Crippen LogP) is 2.09. The van der Waals surface area contributed by atoms with Crippen molar-refractivity contribution >= 4 is 23.5 Å². The maximum atomic E-state index is 13.5. The lowest BCUT2D eigenvalue weighted by Crippen LogP contribution is -2.28. The highest BCUT2D eigenvalue weighted by Gasteiger charge is 2.35. The molecule has 0 spiro atoms. The number of likely N-dealkylation sites (tertiary alicyclic amines) is 1. The molecule has 0 bridgehead atoms. The van der Waals surface area contributed by atoms with Crippen LogP contribution >= 0.6 is 0 Å². The number of anilines is 1. The molecule has 1 aliphatic rings. The second-order valence-electron chi connectivity index (χ2n) is 6.03. The zero-order valence-corrected chi connectivity index (χ0v) is 14.1. The summed E-state index contributed by atoms with van der Waals surface area (Å²) in [6.07, 6.45) is 1.47. The number of esters is 1. The molecule has 0 aliphatic carbocycles. The van der Waals surface area contributed by atoms with E-state index < -0.39 is 36.0 Å². The van der Waals surface area contributed by atoms with E-state index in [0.717, 1.165) is 12.1 Å². The summed E-state index contributed by atoms with van der Waals surface area (Å²) >= 11 is 0. The Balaban J connectivity index is 1.47. The number of hydrogen-bond donors (Lipinski definition) is 1. The van der Waals surface area contributed by atoms with Crippen LogP contribution in [0.3, 0.4) is 0 Å². The van der Waals surface area contributed by atoms with E-state index in [1.165, 1.54) is 11.2 Å². The fourth-order valence-corrected chi connectivity index (χ4v) is 2.71. The molecular weight excluding hydrogens is 362 g/mol. The fourth-order valence-electron chi connectivity index (χ4n) is 2.71. The van der Waals surface area contributed by atoms with Crippen LogP contribution in [0.1, 0.15) is 12.2 Å². The van der Waals surface area contributed by atoms with Crippen LogP contribution in [-0.2, 0) is 25.7 Å². The fraction of sp³-hybridized carbons (Fsp3) is 0.278. The van der Waals surface area contributed by atoms with Crippen LogP contribution in [0.5, 0.6) is 0 Å². The first-order chi connectivity index (χ1) is 12.9. The summed E-state index contributed by atoms with van der Waals surface area (Å²) in [4.78, 5) is 37.3. The molecule has 1 fully saturated rings. The highest BCUT2D eigenvalue weighted by atomic mass is 19.1. The van der Waals surface area contributed by atoms with Crippen molar-refractivity contribution in [2.24, 2.45) is 5.92 Å². The van der Waals surface area contributed by atoms with E-state index >= 15 is 0 Å². The van der Waals surface area contributed by atoms with Crippen molar-refractivity contribution in [2.75, 3.05) is 18.5 Å². The molecule has 2 aromatic rings. The van der Waals surface area contributed by atoms with E-state index in [1.54, 1.807) is 12.1 Å². The van der Waals surface area contributed by atoms with Crippen molar-refractivity contribution in [3.8, 4) is 0 Å². The number of nitrogens with one attached hydrogen (secondary N) is 1. The summed E-state index contributed by atoms with van der Waals surface area (Å²) in [5.41, 5.74) is -0.224. The third-order valence-electron chi connectivity index (χ3n) is 4.03. The number of hydrogen-bond acceptors (Lipinski definition) is 5. The standard InChI is InChI=1S/C18H16F2N2O5/c19-12-3-4-15(14(20)7-12)21-16(23)10-27-18(25)11-6-17(24)22(8-11)9-13-2-1-5-26-13/h1-5,7,11H,6,8-10H2,(H,21,23)/t11-/m1/s1. The topological polar surface area (TPSA) is 88.9 Å². The molecule has 1 aromatic heterocycles. The normalized spacial score (nSPS) is 16.4. The van der Waals surface area contributed by atoms with Gasteiger partial charge in [0.25, 0.3) is 5.91 Å². The zero-order chi connectivity index (χ0) is 19.4. The van der Waals surface area contributed by atoms with E-state index in [0.29, 0.717) is 11.8 Å². The molecule has 142 valence electrons. The van der Waals surface area contributed by atoms with Crippen molar-refractivity contribution in [3.05, 3.63) is 54.0 Å². The molecular formula is C18H16F2N2O5. The first-order valence-corrected chi connectivity index (χ1v) is 8.14. The van der Waals surface area contributed by atoms with Gasteiger partial charge in [0.05, 0.1) is 24.4 Å². The van der Waals surface area contributed by atoms with E-state index in [1.807, 2.05) is 0 Å². The smallest absolute Gasteiger partial charge is 0.311 e. The molecule has 9 heteroatoms. The van der Waals surface area contributed by atoms with E-state index in [2.05, 4.69) is 5.32 Å². The molecule has 1 aliphatic heterocycles. The highest BCUT2D eigenvalue weighted by molar-refractivity contribution is 5.93. The van der Waals surface area contributed by atoms with Gasteiger partial charge >= 0.3 is 5.97 Å². The maximum absolute atomic E-state index is 13.5. The molecule has 0 radical (unpaired) electrons. The minimum atomic E-state index is -0.940. The molecule has 1 aromatic carbocycles. The lowest BCUT2D eigenvalue weighted by Gasteiger charge is -2.14. The number of amides is 2. The molecule has 2 amide bonds. The zero-order valence-electron chi connectivity index (χ0n) is 14.1. The molecule has 1 saturated heterocycles. The number of furan rings is 1. The summed E-state index contributed by atoms with van der Waals surface area (Å²) < 4.78 is 36.4. The van der Waals surface area contributed by atoms with Crippen LogP contribution in [0, 0.1) is 17.6 Å². The van der Waals surface area contributed by atoms with Crippen molar-refractivity contribution in [2.45, 2.75) is 13.0 Å². The number of carbonyl (C=O) groups excluding carboxylic acids is 3. The lowest BCUT2D eigenvalue weighted by atomic mass is 10.1. The second-order valence-corrected chi connectivity index (χ2v) is 6.03. The Morgan fingerprint density at radius 2 is 2.11 bits per heavy atom. The Morgan fingerprint density at radius 1 is 1.30 bits per heavy atom. The van der Waals surface area contributed by atoms with E-state index in [-0.39, 0.29) is 31.1 Å². The average molecular weight is 378 g/mol. The summed E-state index contributed by atoms with van der Waals surface area (Å²) in [7, 11) is 0.